The Hall–Kier alpha value is -0.380. The lowest BCUT2D eigenvalue weighted by Crippen LogP contribution is -2.25. The van der Waals surface area contributed by atoms with Crippen molar-refractivity contribution in [3.8, 4) is 0 Å². The third kappa shape index (κ3) is 8.23. The SMILES string of the molecule is CC(C)(C)OC(=O)CC(=O)CCCBr. The molecular weight excluding hydrogens is 248 g/mol. The summed E-state index contributed by atoms with van der Waals surface area (Å²) in [6.45, 7) is 5.36. The summed E-state index contributed by atoms with van der Waals surface area (Å²) in [7, 11) is 0. The van der Waals surface area contributed by atoms with Crippen molar-refractivity contribution in [1.82, 2.24) is 0 Å². The molecule has 0 N–H and O–H groups in total. The fourth-order valence-electron chi connectivity index (χ4n) is 0.891. The van der Waals surface area contributed by atoms with E-state index in [-0.39, 0.29) is 12.2 Å². The number of ether oxygens (including phenoxy) is 1. The van der Waals surface area contributed by atoms with Crippen molar-refractivity contribution < 1.29 is 14.3 Å². The second-order valence-electron chi connectivity index (χ2n) is 4.09. The molecule has 0 aromatic rings. The Labute approximate surface area is 93.3 Å². The lowest BCUT2D eigenvalue weighted by molar-refractivity contribution is -0.156. The Kier molecular flexibility index (Phi) is 6.00. The summed E-state index contributed by atoms with van der Waals surface area (Å²) in [5.74, 6) is -0.490. The molecule has 0 aliphatic rings. The van der Waals surface area contributed by atoms with Gasteiger partial charge >= 0.3 is 5.97 Å². The number of Topliss-reactive ketones (excluding diaryl/α,β-unsaturated/α-hetero) is 1. The normalized spacial score (nSPS) is 11.1. The highest BCUT2D eigenvalue weighted by atomic mass is 79.9. The van der Waals surface area contributed by atoms with Crippen molar-refractivity contribution >= 4 is 27.7 Å². The molecule has 0 aliphatic carbocycles. The van der Waals surface area contributed by atoms with E-state index in [9.17, 15) is 9.59 Å². The van der Waals surface area contributed by atoms with Crippen LogP contribution in [-0.4, -0.2) is 22.7 Å². The van der Waals surface area contributed by atoms with Crippen LogP contribution in [0.4, 0.5) is 0 Å². The molecule has 82 valence electrons. The van der Waals surface area contributed by atoms with E-state index in [0.717, 1.165) is 11.8 Å². The molecule has 0 bridgehead atoms. The van der Waals surface area contributed by atoms with Gasteiger partial charge in [0.15, 0.2) is 0 Å². The van der Waals surface area contributed by atoms with Gasteiger partial charge < -0.3 is 4.74 Å². The van der Waals surface area contributed by atoms with Crippen LogP contribution < -0.4 is 0 Å². The van der Waals surface area contributed by atoms with Gasteiger partial charge in [-0.15, -0.1) is 0 Å². The first-order valence-electron chi connectivity index (χ1n) is 4.64. The van der Waals surface area contributed by atoms with E-state index in [2.05, 4.69) is 15.9 Å². The van der Waals surface area contributed by atoms with Gasteiger partial charge in [-0.25, -0.2) is 0 Å². The third-order valence-electron chi connectivity index (χ3n) is 1.35. The summed E-state index contributed by atoms with van der Waals surface area (Å²) in [6, 6.07) is 0. The van der Waals surface area contributed by atoms with E-state index in [1.807, 2.05) is 0 Å². The Morgan fingerprint density at radius 1 is 1.29 bits per heavy atom. The van der Waals surface area contributed by atoms with Crippen LogP contribution in [0.1, 0.15) is 40.0 Å². The van der Waals surface area contributed by atoms with Crippen molar-refractivity contribution in [1.29, 1.82) is 0 Å². The maximum Gasteiger partial charge on any atom is 0.313 e. The maximum absolute atomic E-state index is 11.2. The van der Waals surface area contributed by atoms with Gasteiger partial charge in [0, 0.05) is 11.8 Å². The molecule has 3 nitrogen and oxygen atoms in total. The fourth-order valence-corrected chi connectivity index (χ4v) is 1.17. The van der Waals surface area contributed by atoms with Crippen LogP contribution in [0.15, 0.2) is 0 Å². The molecule has 14 heavy (non-hydrogen) atoms. The Morgan fingerprint density at radius 2 is 1.86 bits per heavy atom. The maximum atomic E-state index is 11.2. The lowest BCUT2D eigenvalue weighted by Gasteiger charge is -2.19. The van der Waals surface area contributed by atoms with Crippen LogP contribution in [0.3, 0.4) is 0 Å². The Morgan fingerprint density at radius 3 is 2.29 bits per heavy atom. The molecule has 0 aromatic carbocycles. The number of ketones is 1. The number of carbonyl (C=O) groups excluding carboxylic acids is 2. The molecule has 0 spiro atoms. The first-order valence-corrected chi connectivity index (χ1v) is 5.77. The van der Waals surface area contributed by atoms with Gasteiger partial charge in [0.25, 0.3) is 0 Å². The van der Waals surface area contributed by atoms with Gasteiger partial charge in [0.1, 0.15) is 17.8 Å². The van der Waals surface area contributed by atoms with Crippen LogP contribution in [-0.2, 0) is 14.3 Å². The number of alkyl halides is 1. The van der Waals surface area contributed by atoms with Crippen molar-refractivity contribution in [2.45, 2.75) is 45.6 Å². The van der Waals surface area contributed by atoms with Crippen molar-refractivity contribution in [2.24, 2.45) is 0 Å². The summed E-state index contributed by atoms with van der Waals surface area (Å²) in [5, 5.41) is 0.785. The zero-order chi connectivity index (χ0) is 11.2. The van der Waals surface area contributed by atoms with E-state index in [1.54, 1.807) is 20.8 Å². The average Bonchev–Trinajstić information content (AvgIpc) is 1.96. The van der Waals surface area contributed by atoms with E-state index in [1.165, 1.54) is 0 Å². The Bertz CT molecular complexity index is 206. The first kappa shape index (κ1) is 13.6. The summed E-state index contributed by atoms with van der Waals surface area (Å²) in [5.41, 5.74) is -0.507. The predicted octanol–water partition coefficient (Wildman–Crippen LogP) is 2.46. The molecule has 0 unspecified atom stereocenters. The van der Waals surface area contributed by atoms with Gasteiger partial charge in [-0.1, -0.05) is 15.9 Å². The molecule has 0 amide bonds. The van der Waals surface area contributed by atoms with Crippen molar-refractivity contribution in [2.75, 3.05) is 5.33 Å². The van der Waals surface area contributed by atoms with Gasteiger partial charge in [0.2, 0.25) is 0 Å². The number of halogens is 1. The number of rotatable bonds is 5. The van der Waals surface area contributed by atoms with E-state index < -0.39 is 11.6 Å². The van der Waals surface area contributed by atoms with Crippen LogP contribution in [0.5, 0.6) is 0 Å². The molecular formula is C10H17BrO3. The largest absolute Gasteiger partial charge is 0.460 e. The monoisotopic (exact) mass is 264 g/mol. The van der Waals surface area contributed by atoms with Gasteiger partial charge in [-0.05, 0) is 27.2 Å². The molecule has 0 aromatic heterocycles. The van der Waals surface area contributed by atoms with Crippen LogP contribution in [0, 0.1) is 0 Å². The van der Waals surface area contributed by atoms with Crippen LogP contribution in [0.25, 0.3) is 0 Å². The highest BCUT2D eigenvalue weighted by Crippen LogP contribution is 2.09. The van der Waals surface area contributed by atoms with Gasteiger partial charge in [-0.2, -0.15) is 0 Å². The number of esters is 1. The van der Waals surface area contributed by atoms with Crippen molar-refractivity contribution in [3.63, 3.8) is 0 Å². The van der Waals surface area contributed by atoms with Crippen LogP contribution in [0.2, 0.25) is 0 Å². The summed E-state index contributed by atoms with van der Waals surface area (Å²) in [4.78, 5) is 22.4. The topological polar surface area (TPSA) is 43.4 Å². The van der Waals surface area contributed by atoms with Gasteiger partial charge in [0.05, 0.1) is 0 Å². The lowest BCUT2D eigenvalue weighted by atomic mass is 10.1. The molecule has 0 radical (unpaired) electrons. The highest BCUT2D eigenvalue weighted by Gasteiger charge is 2.18. The second kappa shape index (κ2) is 6.17. The summed E-state index contributed by atoms with van der Waals surface area (Å²) < 4.78 is 5.02. The van der Waals surface area contributed by atoms with Crippen LogP contribution >= 0.6 is 15.9 Å². The molecule has 0 aliphatic heterocycles. The summed E-state index contributed by atoms with van der Waals surface area (Å²) in [6.07, 6.45) is 1.09. The molecule has 0 saturated carbocycles. The summed E-state index contributed by atoms with van der Waals surface area (Å²) >= 11 is 3.22. The smallest absolute Gasteiger partial charge is 0.313 e. The van der Waals surface area contributed by atoms with E-state index in [0.29, 0.717) is 6.42 Å². The minimum Gasteiger partial charge on any atom is -0.460 e. The number of hydrogen-bond acceptors (Lipinski definition) is 3. The van der Waals surface area contributed by atoms with Gasteiger partial charge in [-0.3, -0.25) is 9.59 Å². The molecule has 0 heterocycles. The Balaban J connectivity index is 3.78. The quantitative estimate of drug-likeness (QED) is 0.435. The molecule has 0 saturated heterocycles. The minimum atomic E-state index is -0.507. The van der Waals surface area contributed by atoms with Crippen molar-refractivity contribution in [3.05, 3.63) is 0 Å². The standard InChI is InChI=1S/C10H17BrO3/c1-10(2,3)14-9(13)7-8(12)5-4-6-11/h4-7H2,1-3H3. The second-order valence-corrected chi connectivity index (χ2v) is 4.89. The average molecular weight is 265 g/mol. The molecule has 4 heteroatoms. The number of carbonyl (C=O) groups is 2. The predicted molar refractivity (Wildman–Crippen MR) is 58.5 cm³/mol. The zero-order valence-electron chi connectivity index (χ0n) is 8.93. The fraction of sp³-hybridized carbons (Fsp3) is 0.800. The molecule has 0 atom stereocenters. The van der Waals surface area contributed by atoms with E-state index >= 15 is 0 Å². The molecule has 0 rings (SSSR count). The molecule has 0 fully saturated rings. The van der Waals surface area contributed by atoms with E-state index in [4.69, 9.17) is 4.74 Å². The first-order chi connectivity index (χ1) is 6.35. The zero-order valence-corrected chi connectivity index (χ0v) is 10.5. The highest BCUT2D eigenvalue weighted by molar-refractivity contribution is 9.09. The third-order valence-corrected chi connectivity index (χ3v) is 1.91. The minimum absolute atomic E-state index is 0.0568. The number of hydrogen-bond donors (Lipinski definition) is 0.